The second kappa shape index (κ2) is 9.74. The van der Waals surface area contributed by atoms with E-state index in [1.165, 1.54) is 0 Å². The van der Waals surface area contributed by atoms with E-state index in [-0.39, 0.29) is 5.54 Å². The van der Waals surface area contributed by atoms with Gasteiger partial charge in [0.05, 0.1) is 24.0 Å². The molecule has 1 aliphatic heterocycles. The van der Waals surface area contributed by atoms with Crippen LogP contribution in [-0.2, 0) is 0 Å². The summed E-state index contributed by atoms with van der Waals surface area (Å²) in [7, 11) is 0. The van der Waals surface area contributed by atoms with Gasteiger partial charge in [0, 0.05) is 41.0 Å². The fourth-order valence-electron chi connectivity index (χ4n) is 4.69. The minimum Gasteiger partial charge on any atom is -0.455 e. The summed E-state index contributed by atoms with van der Waals surface area (Å²) < 4.78 is 8.01. The topological polar surface area (TPSA) is 93.9 Å². The molecule has 1 aliphatic rings. The molecule has 2 aromatic carbocycles. The van der Waals surface area contributed by atoms with E-state index in [0.29, 0.717) is 11.8 Å². The second-order valence-electron chi connectivity index (χ2n) is 11.1. The van der Waals surface area contributed by atoms with Crippen molar-refractivity contribution in [2.45, 2.75) is 46.2 Å². The van der Waals surface area contributed by atoms with Crippen LogP contribution in [0.25, 0.3) is 22.2 Å². The Balaban J connectivity index is 1.22. The third kappa shape index (κ3) is 5.18. The van der Waals surface area contributed by atoms with Gasteiger partial charge in [-0.3, -0.25) is 9.88 Å². The van der Waals surface area contributed by atoms with Crippen LogP contribution in [0.3, 0.4) is 0 Å². The van der Waals surface area contributed by atoms with Crippen molar-refractivity contribution < 1.29 is 4.74 Å². The van der Waals surface area contributed by atoms with Crippen LogP contribution in [0.5, 0.6) is 11.5 Å². The molecule has 9 heteroatoms. The zero-order valence-electron chi connectivity index (χ0n) is 22.9. The maximum absolute atomic E-state index is 6.02. The molecule has 4 heterocycles. The van der Waals surface area contributed by atoms with Crippen molar-refractivity contribution in [2.24, 2.45) is 0 Å². The number of likely N-dealkylation sites (tertiary alicyclic amines) is 1. The van der Waals surface area contributed by atoms with Gasteiger partial charge in [0.15, 0.2) is 0 Å². The van der Waals surface area contributed by atoms with Gasteiger partial charge in [-0.25, -0.2) is 14.6 Å². The molecule has 0 spiro atoms. The number of fused-ring (bicyclic) bond motifs is 1. The highest BCUT2D eigenvalue weighted by atomic mass is 16.5. The molecule has 5 aromatic rings. The Morgan fingerprint density at radius 2 is 1.79 bits per heavy atom. The number of anilines is 2. The average molecular weight is 521 g/mol. The summed E-state index contributed by atoms with van der Waals surface area (Å²) in [5, 5.41) is 13.3. The molecule has 0 unspecified atom stereocenters. The van der Waals surface area contributed by atoms with Crippen molar-refractivity contribution in [3.8, 4) is 22.8 Å². The maximum atomic E-state index is 6.02. The van der Waals surface area contributed by atoms with Crippen LogP contribution in [0.4, 0.5) is 11.5 Å². The van der Waals surface area contributed by atoms with Crippen LogP contribution < -0.4 is 10.1 Å². The summed E-state index contributed by atoms with van der Waals surface area (Å²) in [6.07, 6.45) is 5.35. The Bertz CT molecular complexity index is 1630. The fraction of sp³-hybridized carbons (Fsp3) is 0.300. The molecule has 0 amide bonds. The van der Waals surface area contributed by atoms with Gasteiger partial charge in [-0.1, -0.05) is 11.3 Å². The standard InChI is InChI=1S/C30H32N8O/c1-19-12-22(8-11-28(19)39-24-9-6-20(2)31-14-24)34-29-25-13-21(7-10-26(25)32-18-33-29)27-17-38(36-35-27)23-15-37(16-23)30(3,4)5/h6-14,17-18,23H,15-16H2,1-5H3,(H,32,33,34). The van der Waals surface area contributed by atoms with E-state index in [0.717, 1.165) is 63.8 Å². The minimum absolute atomic E-state index is 0.173. The summed E-state index contributed by atoms with van der Waals surface area (Å²) in [4.78, 5) is 15.8. The number of hydrogen-bond donors (Lipinski definition) is 1. The molecule has 39 heavy (non-hydrogen) atoms. The smallest absolute Gasteiger partial charge is 0.145 e. The number of aryl methyl sites for hydroxylation is 2. The Hall–Kier alpha value is -4.37. The Morgan fingerprint density at radius 3 is 2.54 bits per heavy atom. The number of rotatable bonds is 6. The predicted molar refractivity (Wildman–Crippen MR) is 152 cm³/mol. The number of ether oxygens (including phenoxy) is 1. The monoisotopic (exact) mass is 520 g/mol. The molecule has 0 radical (unpaired) electrons. The van der Waals surface area contributed by atoms with Gasteiger partial charge in [-0.15, -0.1) is 5.10 Å². The lowest BCUT2D eigenvalue weighted by Crippen LogP contribution is -2.56. The van der Waals surface area contributed by atoms with E-state index < -0.39 is 0 Å². The molecule has 0 aliphatic carbocycles. The van der Waals surface area contributed by atoms with Crippen molar-refractivity contribution in [2.75, 3.05) is 18.4 Å². The summed E-state index contributed by atoms with van der Waals surface area (Å²) in [6, 6.07) is 16.3. The summed E-state index contributed by atoms with van der Waals surface area (Å²) in [5.41, 5.74) is 5.70. The Kier molecular flexibility index (Phi) is 6.23. The highest BCUT2D eigenvalue weighted by Crippen LogP contribution is 2.32. The van der Waals surface area contributed by atoms with Crippen LogP contribution in [0, 0.1) is 13.8 Å². The number of benzene rings is 2. The zero-order valence-corrected chi connectivity index (χ0v) is 22.9. The molecule has 3 aromatic heterocycles. The summed E-state index contributed by atoms with van der Waals surface area (Å²) in [6.45, 7) is 12.7. The van der Waals surface area contributed by atoms with Crippen LogP contribution in [-0.4, -0.2) is 53.5 Å². The van der Waals surface area contributed by atoms with Crippen LogP contribution in [0.1, 0.15) is 38.1 Å². The van der Waals surface area contributed by atoms with Gasteiger partial charge in [0.2, 0.25) is 0 Å². The average Bonchev–Trinajstić information content (AvgIpc) is 3.35. The van der Waals surface area contributed by atoms with Crippen molar-refractivity contribution in [3.05, 3.63) is 78.5 Å². The van der Waals surface area contributed by atoms with E-state index in [9.17, 15) is 0 Å². The highest BCUT2D eigenvalue weighted by molar-refractivity contribution is 5.93. The highest BCUT2D eigenvalue weighted by Gasteiger charge is 2.36. The largest absolute Gasteiger partial charge is 0.455 e. The lowest BCUT2D eigenvalue weighted by Gasteiger charge is -2.47. The molecule has 0 saturated carbocycles. The third-order valence-corrected chi connectivity index (χ3v) is 7.18. The van der Waals surface area contributed by atoms with Gasteiger partial charge in [0.25, 0.3) is 0 Å². The van der Waals surface area contributed by atoms with Crippen molar-refractivity contribution in [1.82, 2.24) is 34.8 Å². The van der Waals surface area contributed by atoms with Gasteiger partial charge < -0.3 is 10.1 Å². The Labute approximate surface area is 227 Å². The predicted octanol–water partition coefficient (Wildman–Crippen LogP) is 6.09. The lowest BCUT2D eigenvalue weighted by atomic mass is 9.98. The first-order valence-electron chi connectivity index (χ1n) is 13.1. The molecular formula is C30H32N8O. The summed E-state index contributed by atoms with van der Waals surface area (Å²) in [5.74, 6) is 2.21. The Morgan fingerprint density at radius 1 is 0.949 bits per heavy atom. The van der Waals surface area contributed by atoms with E-state index in [1.54, 1.807) is 12.5 Å². The SMILES string of the molecule is Cc1ccc(Oc2ccc(Nc3ncnc4ccc(-c5cn(C6CN(C(C)(C)C)C6)nn5)cc34)cc2C)cn1. The number of hydrogen-bond acceptors (Lipinski definition) is 8. The van der Waals surface area contributed by atoms with Gasteiger partial charge in [-0.05, 0) is 82.6 Å². The van der Waals surface area contributed by atoms with Crippen LogP contribution in [0.15, 0.2) is 67.3 Å². The molecule has 1 fully saturated rings. The van der Waals surface area contributed by atoms with Crippen molar-refractivity contribution >= 4 is 22.4 Å². The second-order valence-corrected chi connectivity index (χ2v) is 11.1. The number of nitrogens with one attached hydrogen (secondary N) is 1. The number of nitrogens with zero attached hydrogens (tertiary/aromatic N) is 7. The molecule has 0 atom stereocenters. The van der Waals surface area contributed by atoms with Gasteiger partial charge >= 0.3 is 0 Å². The van der Waals surface area contributed by atoms with Crippen LogP contribution >= 0.6 is 0 Å². The van der Waals surface area contributed by atoms with E-state index >= 15 is 0 Å². The van der Waals surface area contributed by atoms with E-state index in [2.05, 4.69) is 62.3 Å². The fourth-order valence-corrected chi connectivity index (χ4v) is 4.69. The van der Waals surface area contributed by atoms with Gasteiger partial charge in [0.1, 0.15) is 29.3 Å². The quantitative estimate of drug-likeness (QED) is 0.287. The first-order valence-corrected chi connectivity index (χ1v) is 13.1. The molecular weight excluding hydrogens is 488 g/mol. The molecule has 1 N–H and O–H groups in total. The van der Waals surface area contributed by atoms with Crippen molar-refractivity contribution in [1.29, 1.82) is 0 Å². The molecule has 198 valence electrons. The van der Waals surface area contributed by atoms with Crippen molar-refractivity contribution in [3.63, 3.8) is 0 Å². The lowest BCUT2D eigenvalue weighted by molar-refractivity contribution is 0.0148. The van der Waals surface area contributed by atoms with Gasteiger partial charge in [-0.2, -0.15) is 0 Å². The first-order chi connectivity index (χ1) is 18.7. The van der Waals surface area contributed by atoms with E-state index in [1.807, 2.05) is 67.2 Å². The first kappa shape index (κ1) is 24.9. The summed E-state index contributed by atoms with van der Waals surface area (Å²) >= 11 is 0. The maximum Gasteiger partial charge on any atom is 0.145 e. The molecule has 6 rings (SSSR count). The normalized spacial score (nSPS) is 14.4. The minimum atomic E-state index is 0.173. The molecule has 0 bridgehead atoms. The molecule has 1 saturated heterocycles. The van der Waals surface area contributed by atoms with Crippen LogP contribution in [0.2, 0.25) is 0 Å². The number of pyridine rings is 1. The van der Waals surface area contributed by atoms with E-state index in [4.69, 9.17) is 4.74 Å². The number of aromatic nitrogens is 6. The third-order valence-electron chi connectivity index (χ3n) is 7.18. The molecule has 9 nitrogen and oxygen atoms in total. The zero-order chi connectivity index (χ0) is 27.1.